The number of fused-ring (bicyclic) bond motifs is 3. The fourth-order valence-corrected chi connectivity index (χ4v) is 3.57. The fourth-order valence-electron chi connectivity index (χ4n) is 3.57. The van der Waals surface area contributed by atoms with Crippen LogP contribution in [0.4, 0.5) is 0 Å². The molecule has 0 saturated heterocycles. The molecule has 0 aliphatic carbocycles. The number of phenolic OH excluding ortho intramolecular Hbond substituents is 1. The molecule has 0 spiro atoms. The van der Waals surface area contributed by atoms with Gasteiger partial charge in [-0.15, -0.1) is 6.42 Å². The van der Waals surface area contributed by atoms with Crippen LogP contribution in [0.2, 0.25) is 0 Å². The van der Waals surface area contributed by atoms with Crippen molar-refractivity contribution in [2.45, 2.75) is 19.0 Å². The molecule has 136 valence electrons. The van der Waals surface area contributed by atoms with Gasteiger partial charge in [0.1, 0.15) is 5.75 Å². The number of hydrogen-bond acceptors (Lipinski definition) is 4. The number of hydrogen-bond donors (Lipinski definition) is 3. The van der Waals surface area contributed by atoms with E-state index in [4.69, 9.17) is 6.42 Å². The van der Waals surface area contributed by atoms with Gasteiger partial charge >= 0.3 is 0 Å². The van der Waals surface area contributed by atoms with Crippen molar-refractivity contribution >= 4 is 10.9 Å². The van der Waals surface area contributed by atoms with Crippen LogP contribution in [-0.2, 0) is 13.0 Å². The first-order valence-corrected chi connectivity index (χ1v) is 8.80. The number of nitrogens with zero attached hydrogens (tertiary/aromatic N) is 2. The van der Waals surface area contributed by atoms with Gasteiger partial charge in [-0.3, -0.25) is 0 Å². The molecule has 1 aliphatic heterocycles. The van der Waals surface area contributed by atoms with E-state index in [0.29, 0.717) is 6.54 Å². The molecule has 0 unspecified atom stereocenters. The maximum absolute atomic E-state index is 9.87. The number of rotatable bonds is 7. The third-order valence-corrected chi connectivity index (χ3v) is 5.08. The second-order valence-electron chi connectivity index (χ2n) is 6.68. The van der Waals surface area contributed by atoms with Gasteiger partial charge in [0.25, 0.3) is 0 Å². The summed E-state index contributed by atoms with van der Waals surface area (Å²) in [6, 6.07) is 5.61. The van der Waals surface area contributed by atoms with E-state index in [1.54, 1.807) is 6.07 Å². The summed E-state index contributed by atoms with van der Waals surface area (Å²) < 4.78 is 0. The Morgan fingerprint density at radius 1 is 1.58 bits per heavy atom. The molecular formula is C21H26N4O. The number of nitrogens with one attached hydrogen (secondary N) is 2. The summed E-state index contributed by atoms with van der Waals surface area (Å²) in [7, 11) is 2.05. The lowest BCUT2D eigenvalue weighted by Crippen LogP contribution is -2.43. The maximum atomic E-state index is 9.87. The number of benzene rings is 1. The average molecular weight is 350 g/mol. The first kappa shape index (κ1) is 18.0. The number of aromatic hydroxyl groups is 1. The van der Waals surface area contributed by atoms with Crippen molar-refractivity contribution in [3.8, 4) is 18.1 Å². The van der Waals surface area contributed by atoms with Crippen LogP contribution in [0.5, 0.6) is 5.75 Å². The van der Waals surface area contributed by atoms with Gasteiger partial charge in [0.2, 0.25) is 0 Å². The summed E-state index contributed by atoms with van der Waals surface area (Å²) in [4.78, 5) is 7.85. The van der Waals surface area contributed by atoms with Crippen molar-refractivity contribution in [2.24, 2.45) is 0 Å². The second kappa shape index (κ2) is 7.59. The highest BCUT2D eigenvalue weighted by Crippen LogP contribution is 2.34. The van der Waals surface area contributed by atoms with Crippen molar-refractivity contribution in [2.75, 3.05) is 26.7 Å². The van der Waals surface area contributed by atoms with Crippen molar-refractivity contribution in [1.82, 2.24) is 20.1 Å². The van der Waals surface area contributed by atoms with Crippen LogP contribution in [0, 0.1) is 12.3 Å². The van der Waals surface area contributed by atoms with Gasteiger partial charge < -0.3 is 25.2 Å². The molecule has 1 aliphatic rings. The van der Waals surface area contributed by atoms with Gasteiger partial charge in [-0.05, 0) is 30.0 Å². The highest BCUT2D eigenvalue weighted by molar-refractivity contribution is 5.86. The van der Waals surface area contributed by atoms with Crippen molar-refractivity contribution < 1.29 is 5.11 Å². The quantitative estimate of drug-likeness (QED) is 0.530. The minimum absolute atomic E-state index is 0.138. The summed E-state index contributed by atoms with van der Waals surface area (Å²) in [5, 5.41) is 14.2. The molecule has 5 heteroatoms. The van der Waals surface area contributed by atoms with E-state index in [1.807, 2.05) is 18.3 Å². The lowest BCUT2D eigenvalue weighted by molar-refractivity contribution is 0.232. The van der Waals surface area contributed by atoms with Crippen LogP contribution in [0.25, 0.3) is 10.9 Å². The van der Waals surface area contributed by atoms with Gasteiger partial charge in [0.05, 0.1) is 19.1 Å². The molecule has 3 N–H and O–H groups in total. The largest absolute Gasteiger partial charge is 0.508 e. The van der Waals surface area contributed by atoms with E-state index in [9.17, 15) is 5.11 Å². The van der Waals surface area contributed by atoms with E-state index in [1.165, 1.54) is 11.3 Å². The molecule has 0 amide bonds. The second-order valence-corrected chi connectivity index (χ2v) is 6.68. The van der Waals surface area contributed by atoms with Gasteiger partial charge in [-0.25, -0.2) is 0 Å². The highest BCUT2D eigenvalue weighted by Gasteiger charge is 2.30. The zero-order valence-electron chi connectivity index (χ0n) is 15.3. The minimum Gasteiger partial charge on any atom is -0.508 e. The van der Waals surface area contributed by atoms with Crippen LogP contribution >= 0.6 is 0 Å². The Morgan fingerprint density at radius 3 is 3.12 bits per heavy atom. The number of H-pyrrole nitrogens is 1. The molecule has 26 heavy (non-hydrogen) atoms. The van der Waals surface area contributed by atoms with Gasteiger partial charge in [0, 0.05) is 48.9 Å². The Hall–Kier alpha value is -2.84. The lowest BCUT2D eigenvalue weighted by atomic mass is 9.94. The molecule has 0 bridgehead atoms. The lowest BCUT2D eigenvalue weighted by Gasteiger charge is -2.39. The van der Waals surface area contributed by atoms with Crippen LogP contribution in [0.1, 0.15) is 11.3 Å². The smallest absolute Gasteiger partial charge is 0.116 e. The van der Waals surface area contributed by atoms with Crippen molar-refractivity contribution in [3.63, 3.8) is 0 Å². The molecule has 5 nitrogen and oxygen atoms in total. The number of terminal acetylenes is 1. The molecule has 1 aromatic heterocycles. The Kier molecular flexibility index (Phi) is 5.24. The summed E-state index contributed by atoms with van der Waals surface area (Å²) in [5.74, 6) is 2.87. The van der Waals surface area contributed by atoms with Crippen molar-refractivity contribution in [3.05, 3.63) is 54.5 Å². The van der Waals surface area contributed by atoms with Crippen LogP contribution < -0.4 is 5.32 Å². The summed E-state index contributed by atoms with van der Waals surface area (Å²) in [5.41, 5.74) is 4.52. The molecule has 0 radical (unpaired) electrons. The standard InChI is InChI=1S/C21H26N4O/c1-5-9-22-10-11-24(4)15(3)21-13-18-17-12-16(26)7-8-19(17)23-20(18)14-25(21)6-2/h1,6-8,12,21-23,26H,2-3,9-11,13-14H2,4H3/t21-/m0/s1. The number of likely N-dealkylation sites (N-methyl/N-ethyl adjacent to an activating group) is 1. The third-order valence-electron chi connectivity index (χ3n) is 5.08. The predicted octanol–water partition coefficient (Wildman–Crippen LogP) is 2.41. The summed E-state index contributed by atoms with van der Waals surface area (Å²) in [6.45, 7) is 11.3. The third kappa shape index (κ3) is 3.42. The van der Waals surface area contributed by atoms with Crippen molar-refractivity contribution in [1.29, 1.82) is 0 Å². The van der Waals surface area contributed by atoms with Crippen LogP contribution in [0.15, 0.2) is 43.3 Å². The van der Waals surface area contributed by atoms with E-state index >= 15 is 0 Å². The normalized spacial score (nSPS) is 16.2. The fraction of sp³-hybridized carbons (Fsp3) is 0.333. The van der Waals surface area contributed by atoms with E-state index in [2.05, 4.69) is 46.2 Å². The Labute approximate surface area is 155 Å². The van der Waals surface area contributed by atoms with E-state index < -0.39 is 0 Å². The minimum atomic E-state index is 0.138. The first-order chi connectivity index (χ1) is 12.5. The summed E-state index contributed by atoms with van der Waals surface area (Å²) >= 11 is 0. The molecule has 0 saturated carbocycles. The molecule has 0 fully saturated rings. The Balaban J connectivity index is 1.81. The zero-order chi connectivity index (χ0) is 18.7. The number of aromatic amines is 1. The molecule has 1 atom stereocenters. The zero-order valence-corrected chi connectivity index (χ0v) is 15.3. The Bertz CT molecular complexity index is 861. The Morgan fingerprint density at radius 2 is 2.38 bits per heavy atom. The molecule has 1 aromatic carbocycles. The van der Waals surface area contributed by atoms with Crippen LogP contribution in [-0.4, -0.2) is 52.6 Å². The monoisotopic (exact) mass is 350 g/mol. The summed E-state index contributed by atoms with van der Waals surface area (Å²) in [6.07, 6.45) is 7.97. The van der Waals surface area contributed by atoms with E-state index in [0.717, 1.165) is 42.7 Å². The predicted molar refractivity (Wildman–Crippen MR) is 107 cm³/mol. The maximum Gasteiger partial charge on any atom is 0.116 e. The average Bonchev–Trinajstić information content (AvgIpc) is 3.00. The number of aromatic nitrogens is 1. The van der Waals surface area contributed by atoms with Gasteiger partial charge in [-0.2, -0.15) is 0 Å². The van der Waals surface area contributed by atoms with Gasteiger partial charge in [-0.1, -0.05) is 19.1 Å². The molecular weight excluding hydrogens is 324 g/mol. The topological polar surface area (TPSA) is 54.5 Å². The SMILES string of the molecule is C#CCNCCN(C)C(=C)[C@@H]1Cc2c([nH]c3ccc(O)cc23)CN1C=C. The highest BCUT2D eigenvalue weighted by atomic mass is 16.3. The molecule has 2 aromatic rings. The first-order valence-electron chi connectivity index (χ1n) is 8.80. The molecule has 3 rings (SSSR count). The molecule has 2 heterocycles. The van der Waals surface area contributed by atoms with Gasteiger partial charge in [0.15, 0.2) is 0 Å². The number of phenols is 1. The van der Waals surface area contributed by atoms with Crippen LogP contribution in [0.3, 0.4) is 0 Å². The van der Waals surface area contributed by atoms with E-state index in [-0.39, 0.29) is 11.8 Å².